The molecule has 0 saturated heterocycles. The molecule has 0 fully saturated rings. The van der Waals surface area contributed by atoms with E-state index in [1.54, 1.807) is 18.4 Å². The summed E-state index contributed by atoms with van der Waals surface area (Å²) >= 11 is 1.58. The van der Waals surface area contributed by atoms with E-state index in [1.807, 2.05) is 78.9 Å². The second-order valence-corrected chi connectivity index (χ2v) is 7.59. The van der Waals surface area contributed by atoms with Crippen LogP contribution in [0.1, 0.15) is 34.7 Å². The summed E-state index contributed by atoms with van der Waals surface area (Å²) in [4.78, 5) is 20.3. The first-order valence-electron chi connectivity index (χ1n) is 9.19. The Balaban J connectivity index is 1.73. The van der Waals surface area contributed by atoms with E-state index in [4.69, 9.17) is 4.74 Å². The molecule has 146 valence electrons. The number of ether oxygens (including phenoxy) is 1. The average molecular weight is 396 g/mol. The van der Waals surface area contributed by atoms with E-state index in [0.717, 1.165) is 27.4 Å². The van der Waals surface area contributed by atoms with Crippen molar-refractivity contribution in [2.45, 2.75) is 33.0 Å². The zero-order chi connectivity index (χ0) is 19.9. The quantitative estimate of drug-likeness (QED) is 0.617. The molecular formula is C22H25N3O2S. The van der Waals surface area contributed by atoms with Gasteiger partial charge in [-0.25, -0.2) is 9.78 Å². The molecule has 0 bridgehead atoms. The van der Waals surface area contributed by atoms with Crippen LogP contribution < -0.4 is 10.1 Å². The van der Waals surface area contributed by atoms with Crippen molar-refractivity contribution >= 4 is 17.4 Å². The van der Waals surface area contributed by atoms with Gasteiger partial charge in [-0.3, -0.25) is 0 Å². The molecule has 1 N–H and O–H groups in total. The number of carbonyl (C=O) groups excluding carboxylic acids is 1. The molecule has 5 nitrogen and oxygen atoms in total. The molecule has 2 aromatic carbocycles. The lowest BCUT2D eigenvalue weighted by atomic mass is 10.1. The van der Waals surface area contributed by atoms with Crippen molar-refractivity contribution in [3.05, 3.63) is 81.8 Å². The van der Waals surface area contributed by atoms with Gasteiger partial charge >= 0.3 is 6.03 Å². The Morgan fingerprint density at radius 1 is 1.14 bits per heavy atom. The minimum Gasteiger partial charge on any atom is -0.497 e. The largest absolute Gasteiger partial charge is 0.497 e. The summed E-state index contributed by atoms with van der Waals surface area (Å²) in [5.74, 6) is 0.800. The van der Waals surface area contributed by atoms with E-state index in [0.29, 0.717) is 13.1 Å². The fourth-order valence-corrected chi connectivity index (χ4v) is 3.70. The number of methoxy groups -OCH3 is 1. The number of benzene rings is 2. The molecule has 0 aliphatic carbocycles. The number of nitrogens with one attached hydrogen (secondary N) is 1. The van der Waals surface area contributed by atoms with Gasteiger partial charge in [0.2, 0.25) is 0 Å². The number of urea groups is 1. The van der Waals surface area contributed by atoms with Crippen LogP contribution in [-0.2, 0) is 13.1 Å². The number of thiazole rings is 1. The fraction of sp³-hybridized carbons (Fsp3) is 0.273. The number of rotatable bonds is 7. The van der Waals surface area contributed by atoms with E-state index >= 15 is 0 Å². The first-order chi connectivity index (χ1) is 13.6. The molecule has 3 rings (SSSR count). The number of aryl methyl sites for hydroxylation is 1. The second kappa shape index (κ2) is 9.37. The maximum atomic E-state index is 13.1. The number of hydrogen-bond donors (Lipinski definition) is 1. The van der Waals surface area contributed by atoms with Crippen molar-refractivity contribution in [2.75, 3.05) is 7.11 Å². The van der Waals surface area contributed by atoms with Gasteiger partial charge in [0.1, 0.15) is 5.75 Å². The highest BCUT2D eigenvalue weighted by molar-refractivity contribution is 7.09. The minimum atomic E-state index is -0.112. The summed E-state index contributed by atoms with van der Waals surface area (Å²) in [6.07, 6.45) is 0. The Morgan fingerprint density at radius 3 is 2.46 bits per heavy atom. The van der Waals surface area contributed by atoms with Gasteiger partial charge < -0.3 is 15.0 Å². The maximum absolute atomic E-state index is 13.1. The van der Waals surface area contributed by atoms with Crippen molar-refractivity contribution in [1.29, 1.82) is 0 Å². The van der Waals surface area contributed by atoms with Crippen molar-refractivity contribution < 1.29 is 9.53 Å². The van der Waals surface area contributed by atoms with Crippen LogP contribution in [0.15, 0.2) is 60.1 Å². The van der Waals surface area contributed by atoms with E-state index in [1.165, 1.54) is 0 Å². The Hall–Kier alpha value is -2.86. The minimum absolute atomic E-state index is 0.0972. The van der Waals surface area contributed by atoms with Crippen molar-refractivity contribution in [3.63, 3.8) is 0 Å². The predicted octanol–water partition coefficient (Wildman–Crippen LogP) is 4.93. The topological polar surface area (TPSA) is 54.5 Å². The van der Waals surface area contributed by atoms with Crippen LogP contribution in [0, 0.1) is 6.92 Å². The smallest absolute Gasteiger partial charge is 0.318 e. The summed E-state index contributed by atoms with van der Waals surface area (Å²) in [5.41, 5.74) is 4.92. The molecule has 0 saturated carbocycles. The highest BCUT2D eigenvalue weighted by Gasteiger charge is 2.19. The summed E-state index contributed by atoms with van der Waals surface area (Å²) in [7, 11) is 1.64. The molecule has 0 aliphatic heterocycles. The van der Waals surface area contributed by atoms with Crippen LogP contribution in [0.3, 0.4) is 0 Å². The monoisotopic (exact) mass is 395 g/mol. The number of aromatic nitrogens is 1. The number of amides is 2. The molecule has 1 atom stereocenters. The summed E-state index contributed by atoms with van der Waals surface area (Å²) < 4.78 is 5.20. The Morgan fingerprint density at radius 2 is 1.86 bits per heavy atom. The molecule has 1 heterocycles. The number of hydrogen-bond acceptors (Lipinski definition) is 4. The van der Waals surface area contributed by atoms with Crippen LogP contribution in [-0.4, -0.2) is 23.0 Å². The van der Waals surface area contributed by atoms with Gasteiger partial charge in [0.05, 0.1) is 30.9 Å². The third-order valence-electron chi connectivity index (χ3n) is 4.64. The normalized spacial score (nSPS) is 11.7. The van der Waals surface area contributed by atoms with Gasteiger partial charge in [-0.1, -0.05) is 42.5 Å². The maximum Gasteiger partial charge on any atom is 0.318 e. The molecule has 0 aliphatic rings. The molecule has 0 unspecified atom stereocenters. The molecule has 0 spiro atoms. The van der Waals surface area contributed by atoms with Gasteiger partial charge in [-0.05, 0) is 37.1 Å². The molecule has 1 aromatic heterocycles. The highest BCUT2D eigenvalue weighted by Crippen LogP contribution is 2.20. The highest BCUT2D eigenvalue weighted by atomic mass is 32.1. The zero-order valence-corrected chi connectivity index (χ0v) is 17.2. The summed E-state index contributed by atoms with van der Waals surface area (Å²) in [5, 5.41) is 3.12. The third-order valence-corrected chi connectivity index (χ3v) is 5.56. The fourth-order valence-electron chi connectivity index (χ4n) is 2.91. The molecule has 28 heavy (non-hydrogen) atoms. The third kappa shape index (κ3) is 5.10. The first-order valence-corrected chi connectivity index (χ1v) is 10.1. The van der Waals surface area contributed by atoms with Crippen LogP contribution in [0.25, 0.3) is 0 Å². The van der Waals surface area contributed by atoms with Crippen LogP contribution >= 0.6 is 11.3 Å². The van der Waals surface area contributed by atoms with Crippen LogP contribution in [0.5, 0.6) is 5.75 Å². The van der Waals surface area contributed by atoms with E-state index in [9.17, 15) is 4.79 Å². The Kier molecular flexibility index (Phi) is 6.66. The standard InChI is InChI=1S/C22H25N3O2S/c1-16(19-9-11-20(27-3)12-10-19)24-22(26)25(13-18-7-5-4-6-8-18)14-21-17(2)23-15-28-21/h4-12,15-16H,13-14H2,1-3H3,(H,24,26)/t16-/m1/s1. The van der Waals surface area contributed by atoms with Gasteiger partial charge in [0, 0.05) is 11.4 Å². The Labute approximate surface area is 170 Å². The lowest BCUT2D eigenvalue weighted by Gasteiger charge is -2.25. The second-order valence-electron chi connectivity index (χ2n) is 6.65. The van der Waals surface area contributed by atoms with Crippen molar-refractivity contribution in [2.24, 2.45) is 0 Å². The van der Waals surface area contributed by atoms with E-state index in [2.05, 4.69) is 10.3 Å². The Bertz CT molecular complexity index is 894. The summed E-state index contributed by atoms with van der Waals surface area (Å²) in [6.45, 7) is 5.04. The van der Waals surface area contributed by atoms with Gasteiger partial charge in [0.15, 0.2) is 0 Å². The molecule has 2 amide bonds. The molecule has 0 radical (unpaired) electrons. The first kappa shape index (κ1) is 19.9. The lowest BCUT2D eigenvalue weighted by molar-refractivity contribution is 0.189. The average Bonchev–Trinajstić information content (AvgIpc) is 3.12. The number of carbonyl (C=O) groups is 1. The van der Waals surface area contributed by atoms with Crippen molar-refractivity contribution in [1.82, 2.24) is 15.2 Å². The summed E-state index contributed by atoms with van der Waals surface area (Å²) in [6, 6.07) is 17.6. The van der Waals surface area contributed by atoms with E-state index < -0.39 is 0 Å². The number of nitrogens with zero attached hydrogens (tertiary/aromatic N) is 2. The molecular weight excluding hydrogens is 370 g/mol. The molecule has 6 heteroatoms. The molecule has 3 aromatic rings. The zero-order valence-electron chi connectivity index (χ0n) is 16.4. The lowest BCUT2D eigenvalue weighted by Crippen LogP contribution is -2.40. The van der Waals surface area contributed by atoms with Gasteiger partial charge in [-0.15, -0.1) is 11.3 Å². The van der Waals surface area contributed by atoms with Crippen LogP contribution in [0.2, 0.25) is 0 Å². The van der Waals surface area contributed by atoms with Crippen molar-refractivity contribution in [3.8, 4) is 5.75 Å². The van der Waals surface area contributed by atoms with E-state index in [-0.39, 0.29) is 12.1 Å². The van der Waals surface area contributed by atoms with Gasteiger partial charge in [0.25, 0.3) is 0 Å². The van der Waals surface area contributed by atoms with Crippen LogP contribution in [0.4, 0.5) is 4.79 Å². The SMILES string of the molecule is COc1ccc([C@@H](C)NC(=O)N(Cc2ccccc2)Cc2scnc2C)cc1. The predicted molar refractivity (Wildman–Crippen MR) is 112 cm³/mol. The van der Waals surface area contributed by atoms with Gasteiger partial charge in [-0.2, -0.15) is 0 Å².